The molecule has 0 bridgehead atoms. The van der Waals surface area contributed by atoms with Crippen LogP contribution < -0.4 is 10.4 Å². The van der Waals surface area contributed by atoms with Gasteiger partial charge in [0, 0.05) is 17.4 Å². The molecule has 0 amide bonds. The van der Waals surface area contributed by atoms with Gasteiger partial charge in [-0.3, -0.25) is 4.79 Å². The molecule has 0 atom stereocenters. The fourth-order valence-corrected chi connectivity index (χ4v) is 2.69. The summed E-state index contributed by atoms with van der Waals surface area (Å²) in [5.41, 5.74) is 1.56. The third-order valence-corrected chi connectivity index (χ3v) is 4.20. The van der Waals surface area contributed by atoms with Crippen LogP contribution >= 0.6 is 0 Å². The van der Waals surface area contributed by atoms with Gasteiger partial charge in [0.1, 0.15) is 5.56 Å². The molecular weight excluding hydrogens is 360 g/mol. The summed E-state index contributed by atoms with van der Waals surface area (Å²) in [6, 6.07) is 14.2. The number of hydrogen-bond donors (Lipinski definition) is 0. The number of fused-ring (bicyclic) bond motifs is 1. The minimum atomic E-state index is -0.661. The number of esters is 1. The van der Waals surface area contributed by atoms with Crippen molar-refractivity contribution in [3.05, 3.63) is 64.5 Å². The Morgan fingerprint density at radius 3 is 2.68 bits per heavy atom. The summed E-state index contributed by atoms with van der Waals surface area (Å²) in [5.74, 6) is 0.208. The van der Waals surface area contributed by atoms with Crippen molar-refractivity contribution in [1.29, 1.82) is 0 Å². The van der Waals surface area contributed by atoms with E-state index in [4.69, 9.17) is 13.7 Å². The second kappa shape index (κ2) is 7.11. The molecule has 0 fully saturated rings. The summed E-state index contributed by atoms with van der Waals surface area (Å²) in [6.45, 7) is 3.67. The van der Waals surface area contributed by atoms with Crippen LogP contribution in [0.3, 0.4) is 0 Å². The molecule has 7 nitrogen and oxygen atoms in total. The standard InChI is InChI=1S/C21H16N2O5/c1-3-17(24)26-16-6-4-5-14-11-15(21(25)27-18(14)16)20-22-19(23-28-20)13-9-7-12(2)8-10-13/h4-11H,3H2,1-2H3. The van der Waals surface area contributed by atoms with Gasteiger partial charge in [0.25, 0.3) is 5.89 Å². The van der Waals surface area contributed by atoms with E-state index in [-0.39, 0.29) is 29.2 Å². The molecule has 2 aromatic carbocycles. The molecular formula is C21H16N2O5. The van der Waals surface area contributed by atoms with E-state index in [0.29, 0.717) is 11.2 Å². The van der Waals surface area contributed by atoms with Crippen LogP contribution in [0.4, 0.5) is 0 Å². The Labute approximate surface area is 159 Å². The van der Waals surface area contributed by atoms with Crippen LogP contribution in [0.5, 0.6) is 5.75 Å². The van der Waals surface area contributed by atoms with E-state index in [0.717, 1.165) is 11.1 Å². The van der Waals surface area contributed by atoms with Crippen LogP contribution in [0.25, 0.3) is 33.8 Å². The largest absolute Gasteiger partial charge is 0.422 e. The first-order valence-electron chi connectivity index (χ1n) is 8.74. The van der Waals surface area contributed by atoms with E-state index in [9.17, 15) is 9.59 Å². The molecule has 0 spiro atoms. The van der Waals surface area contributed by atoms with Gasteiger partial charge in [-0.1, -0.05) is 54.0 Å². The van der Waals surface area contributed by atoms with E-state index in [1.807, 2.05) is 31.2 Å². The molecule has 0 saturated heterocycles. The second-order valence-corrected chi connectivity index (χ2v) is 6.24. The first-order valence-corrected chi connectivity index (χ1v) is 8.74. The average molecular weight is 376 g/mol. The molecule has 0 saturated carbocycles. The van der Waals surface area contributed by atoms with Crippen molar-refractivity contribution in [2.75, 3.05) is 0 Å². The summed E-state index contributed by atoms with van der Waals surface area (Å²) >= 11 is 0. The number of ether oxygens (including phenoxy) is 1. The monoisotopic (exact) mass is 376 g/mol. The van der Waals surface area contributed by atoms with Crippen molar-refractivity contribution in [2.45, 2.75) is 20.3 Å². The average Bonchev–Trinajstić information content (AvgIpc) is 3.18. The van der Waals surface area contributed by atoms with E-state index in [1.54, 1.807) is 31.2 Å². The van der Waals surface area contributed by atoms with Crippen LogP contribution in [-0.4, -0.2) is 16.1 Å². The zero-order valence-corrected chi connectivity index (χ0v) is 15.3. The minimum absolute atomic E-state index is 0.0576. The number of rotatable bonds is 4. The molecule has 7 heteroatoms. The molecule has 28 heavy (non-hydrogen) atoms. The first kappa shape index (κ1) is 17.7. The van der Waals surface area contributed by atoms with Crippen molar-refractivity contribution in [3.8, 4) is 28.6 Å². The quantitative estimate of drug-likeness (QED) is 0.300. The fourth-order valence-electron chi connectivity index (χ4n) is 2.69. The Morgan fingerprint density at radius 2 is 1.93 bits per heavy atom. The fraction of sp³-hybridized carbons (Fsp3) is 0.143. The topological polar surface area (TPSA) is 95.4 Å². The third-order valence-electron chi connectivity index (χ3n) is 4.20. The lowest BCUT2D eigenvalue weighted by Gasteiger charge is -2.05. The van der Waals surface area contributed by atoms with Gasteiger partial charge in [-0.05, 0) is 19.1 Å². The van der Waals surface area contributed by atoms with Crippen molar-refractivity contribution in [2.24, 2.45) is 0 Å². The molecule has 0 aliphatic carbocycles. The lowest BCUT2D eigenvalue weighted by molar-refractivity contribution is -0.133. The van der Waals surface area contributed by atoms with Crippen LogP contribution in [-0.2, 0) is 4.79 Å². The maximum Gasteiger partial charge on any atom is 0.349 e. The number of benzene rings is 2. The number of para-hydroxylation sites is 1. The molecule has 4 aromatic rings. The maximum atomic E-state index is 12.5. The van der Waals surface area contributed by atoms with Gasteiger partial charge in [0.05, 0.1) is 0 Å². The van der Waals surface area contributed by atoms with Gasteiger partial charge in [-0.25, -0.2) is 4.79 Å². The first-order chi connectivity index (χ1) is 13.5. The SMILES string of the molecule is CCC(=O)Oc1cccc2cc(-c3nc(-c4ccc(C)cc4)no3)c(=O)oc12. The Balaban J connectivity index is 1.76. The van der Waals surface area contributed by atoms with Gasteiger partial charge in [0.2, 0.25) is 5.82 Å². The maximum absolute atomic E-state index is 12.5. The highest BCUT2D eigenvalue weighted by Crippen LogP contribution is 2.28. The van der Waals surface area contributed by atoms with Crippen molar-refractivity contribution in [3.63, 3.8) is 0 Å². The summed E-state index contributed by atoms with van der Waals surface area (Å²) < 4.78 is 15.9. The number of nitrogens with zero attached hydrogens (tertiary/aromatic N) is 2. The zero-order chi connectivity index (χ0) is 19.7. The number of aryl methyl sites for hydroxylation is 1. The van der Waals surface area contributed by atoms with Gasteiger partial charge in [-0.15, -0.1) is 0 Å². The van der Waals surface area contributed by atoms with Crippen LogP contribution in [0.1, 0.15) is 18.9 Å². The summed E-state index contributed by atoms with van der Waals surface area (Å²) in [7, 11) is 0. The molecule has 0 unspecified atom stereocenters. The molecule has 0 N–H and O–H groups in total. The lowest BCUT2D eigenvalue weighted by atomic mass is 10.1. The van der Waals surface area contributed by atoms with Crippen molar-refractivity contribution in [1.82, 2.24) is 10.1 Å². The highest BCUT2D eigenvalue weighted by molar-refractivity contribution is 5.87. The second-order valence-electron chi connectivity index (χ2n) is 6.24. The summed E-state index contributed by atoms with van der Waals surface area (Å²) in [4.78, 5) is 28.4. The van der Waals surface area contributed by atoms with E-state index in [2.05, 4.69) is 10.1 Å². The van der Waals surface area contributed by atoms with Crippen LogP contribution in [0.15, 0.2) is 62.3 Å². The van der Waals surface area contributed by atoms with E-state index < -0.39 is 11.6 Å². The predicted molar refractivity (Wildman–Crippen MR) is 102 cm³/mol. The zero-order valence-electron chi connectivity index (χ0n) is 15.3. The Kier molecular flexibility index (Phi) is 4.49. The third kappa shape index (κ3) is 3.29. The van der Waals surface area contributed by atoms with Gasteiger partial charge in [-0.2, -0.15) is 4.98 Å². The summed E-state index contributed by atoms with van der Waals surface area (Å²) in [6.07, 6.45) is 0.211. The molecule has 0 radical (unpaired) electrons. The number of carbonyl (C=O) groups is 1. The molecule has 4 rings (SSSR count). The number of hydrogen-bond acceptors (Lipinski definition) is 7. The number of aromatic nitrogens is 2. The molecule has 0 aliphatic rings. The predicted octanol–water partition coefficient (Wildman–Crippen LogP) is 4.13. The van der Waals surface area contributed by atoms with Crippen LogP contribution in [0, 0.1) is 6.92 Å². The number of carbonyl (C=O) groups excluding carboxylic acids is 1. The van der Waals surface area contributed by atoms with Gasteiger partial charge >= 0.3 is 11.6 Å². The molecule has 2 heterocycles. The van der Waals surface area contributed by atoms with Gasteiger partial charge in [0.15, 0.2) is 11.3 Å². The Hall–Kier alpha value is -3.74. The van der Waals surface area contributed by atoms with Crippen molar-refractivity contribution < 1.29 is 18.5 Å². The highest BCUT2D eigenvalue weighted by Gasteiger charge is 2.18. The Morgan fingerprint density at radius 1 is 1.14 bits per heavy atom. The Bertz CT molecular complexity index is 1220. The van der Waals surface area contributed by atoms with Crippen molar-refractivity contribution >= 4 is 16.9 Å². The van der Waals surface area contributed by atoms with Crippen LogP contribution in [0.2, 0.25) is 0 Å². The van der Waals surface area contributed by atoms with E-state index >= 15 is 0 Å². The molecule has 140 valence electrons. The normalized spacial score (nSPS) is 10.9. The highest BCUT2D eigenvalue weighted by atomic mass is 16.5. The molecule has 2 aromatic heterocycles. The van der Waals surface area contributed by atoms with Gasteiger partial charge < -0.3 is 13.7 Å². The molecule has 0 aliphatic heterocycles. The van der Waals surface area contributed by atoms with E-state index in [1.165, 1.54) is 0 Å². The summed E-state index contributed by atoms with van der Waals surface area (Å²) in [5, 5.41) is 4.52. The lowest BCUT2D eigenvalue weighted by Crippen LogP contribution is -2.08. The smallest absolute Gasteiger partial charge is 0.349 e. The minimum Gasteiger partial charge on any atom is -0.422 e.